The van der Waals surface area contributed by atoms with Gasteiger partial charge < -0.3 is 14.5 Å². The minimum absolute atomic E-state index is 0.105. The van der Waals surface area contributed by atoms with Crippen LogP contribution < -0.4 is 5.32 Å². The van der Waals surface area contributed by atoms with Crippen molar-refractivity contribution in [2.24, 2.45) is 5.92 Å². The van der Waals surface area contributed by atoms with E-state index in [9.17, 15) is 4.79 Å². The lowest BCUT2D eigenvalue weighted by Crippen LogP contribution is -2.42. The van der Waals surface area contributed by atoms with Crippen LogP contribution in [0.15, 0.2) is 23.0 Å². The van der Waals surface area contributed by atoms with Gasteiger partial charge in [-0.15, -0.1) is 0 Å². The molecular weight excluding hydrogens is 268 g/mol. The molecule has 1 aromatic rings. The molecule has 3 fully saturated rings. The van der Waals surface area contributed by atoms with Crippen LogP contribution in [0, 0.1) is 5.92 Å². The number of furan rings is 1. The maximum absolute atomic E-state index is 12.1. The molecule has 4 rings (SSSR count). The third kappa shape index (κ3) is 2.99. The summed E-state index contributed by atoms with van der Waals surface area (Å²) in [6.45, 7) is 2.90. The Morgan fingerprint density at radius 2 is 2.29 bits per heavy atom. The minimum atomic E-state index is -0.227. The third-order valence-electron chi connectivity index (χ3n) is 4.84. The second-order valence-electron chi connectivity index (χ2n) is 6.60. The number of nitrogens with one attached hydrogen (secondary N) is 1. The Labute approximate surface area is 124 Å². The van der Waals surface area contributed by atoms with Crippen LogP contribution in [-0.2, 0) is 16.1 Å². The molecule has 0 bridgehead atoms. The molecule has 3 aliphatic rings. The van der Waals surface area contributed by atoms with Crippen molar-refractivity contribution in [3.63, 3.8) is 0 Å². The van der Waals surface area contributed by atoms with Gasteiger partial charge in [0.2, 0.25) is 5.91 Å². The number of carbonyl (C=O) groups is 1. The number of amides is 1. The van der Waals surface area contributed by atoms with Crippen LogP contribution in [0.5, 0.6) is 0 Å². The first-order valence-electron chi connectivity index (χ1n) is 7.97. The lowest BCUT2D eigenvalue weighted by atomic mass is 9.91. The molecule has 2 aliphatic heterocycles. The largest absolute Gasteiger partial charge is 0.472 e. The summed E-state index contributed by atoms with van der Waals surface area (Å²) in [7, 11) is 0. The Balaban J connectivity index is 1.32. The molecule has 1 saturated carbocycles. The maximum Gasteiger partial charge on any atom is 0.249 e. The summed E-state index contributed by atoms with van der Waals surface area (Å²) in [6.07, 6.45) is 7.77. The molecule has 5 nitrogen and oxygen atoms in total. The lowest BCUT2D eigenvalue weighted by Gasteiger charge is -2.33. The summed E-state index contributed by atoms with van der Waals surface area (Å²) in [4.78, 5) is 14.5. The van der Waals surface area contributed by atoms with E-state index < -0.39 is 0 Å². The van der Waals surface area contributed by atoms with Gasteiger partial charge in [-0.3, -0.25) is 9.69 Å². The van der Waals surface area contributed by atoms with Crippen LogP contribution >= 0.6 is 0 Å². The van der Waals surface area contributed by atoms with Crippen LogP contribution in [0.25, 0.3) is 0 Å². The van der Waals surface area contributed by atoms with Crippen molar-refractivity contribution in [3.05, 3.63) is 24.2 Å². The molecule has 0 unspecified atom stereocenters. The van der Waals surface area contributed by atoms with Gasteiger partial charge in [0, 0.05) is 24.7 Å². The van der Waals surface area contributed by atoms with Gasteiger partial charge in [-0.05, 0) is 44.2 Å². The molecule has 3 atom stereocenters. The zero-order valence-electron chi connectivity index (χ0n) is 12.2. The highest BCUT2D eigenvalue weighted by atomic mass is 16.5. The fourth-order valence-electron chi connectivity index (χ4n) is 3.47. The van der Waals surface area contributed by atoms with Crippen LogP contribution in [0.4, 0.5) is 0 Å². The number of carbonyl (C=O) groups excluding carboxylic acids is 1. The van der Waals surface area contributed by atoms with Crippen molar-refractivity contribution < 1.29 is 13.9 Å². The van der Waals surface area contributed by atoms with E-state index in [0.29, 0.717) is 12.0 Å². The molecule has 1 aliphatic carbocycles. The number of piperidine rings is 1. The number of hydrogen-bond acceptors (Lipinski definition) is 4. The predicted molar refractivity (Wildman–Crippen MR) is 76.5 cm³/mol. The van der Waals surface area contributed by atoms with E-state index in [0.717, 1.165) is 45.3 Å². The summed E-state index contributed by atoms with van der Waals surface area (Å²) in [5.41, 5.74) is 1.20. The Kier molecular flexibility index (Phi) is 3.47. The quantitative estimate of drug-likeness (QED) is 0.914. The molecule has 1 aromatic heterocycles. The van der Waals surface area contributed by atoms with Crippen molar-refractivity contribution in [1.29, 1.82) is 0 Å². The summed E-state index contributed by atoms with van der Waals surface area (Å²) >= 11 is 0. The molecule has 5 heteroatoms. The first-order valence-corrected chi connectivity index (χ1v) is 7.97. The predicted octanol–water partition coefficient (Wildman–Crippen LogP) is 1.54. The van der Waals surface area contributed by atoms with Crippen molar-refractivity contribution in [2.45, 2.75) is 50.5 Å². The normalized spacial score (nSPS) is 32.9. The summed E-state index contributed by atoms with van der Waals surface area (Å²) in [5.74, 6) is 0.647. The Morgan fingerprint density at radius 3 is 3.05 bits per heavy atom. The smallest absolute Gasteiger partial charge is 0.249 e. The molecule has 0 aromatic carbocycles. The van der Waals surface area contributed by atoms with E-state index >= 15 is 0 Å². The number of likely N-dealkylation sites (tertiary alicyclic amines) is 1. The van der Waals surface area contributed by atoms with Crippen LogP contribution in [-0.4, -0.2) is 42.1 Å². The van der Waals surface area contributed by atoms with E-state index in [1.54, 1.807) is 12.5 Å². The monoisotopic (exact) mass is 290 g/mol. The van der Waals surface area contributed by atoms with Crippen molar-refractivity contribution in [2.75, 3.05) is 13.1 Å². The number of hydrogen-bond donors (Lipinski definition) is 1. The molecule has 0 radical (unpaired) electrons. The van der Waals surface area contributed by atoms with Crippen molar-refractivity contribution in [1.82, 2.24) is 10.2 Å². The number of nitrogens with zero attached hydrogens (tertiary/aromatic N) is 1. The minimum Gasteiger partial charge on any atom is -0.472 e. The Hall–Kier alpha value is -1.33. The molecule has 0 spiro atoms. The number of rotatable bonds is 4. The zero-order valence-corrected chi connectivity index (χ0v) is 12.2. The van der Waals surface area contributed by atoms with Gasteiger partial charge in [0.05, 0.1) is 18.6 Å². The van der Waals surface area contributed by atoms with E-state index in [-0.39, 0.29) is 18.1 Å². The van der Waals surface area contributed by atoms with Gasteiger partial charge in [0.25, 0.3) is 0 Å². The highest BCUT2D eigenvalue weighted by Gasteiger charge is 2.42. The SMILES string of the molecule is O=C(NC1CC1)[C@@H]1C[C@H]2CCN(Cc3ccoc3)C[C@H]2O1. The molecule has 3 heterocycles. The van der Waals surface area contributed by atoms with E-state index in [1.807, 2.05) is 6.07 Å². The highest BCUT2D eigenvalue weighted by Crippen LogP contribution is 2.34. The molecule has 114 valence electrons. The standard InChI is InChI=1S/C16H22N2O3/c19-16(17-13-1-2-13)14-7-12-3-5-18(9-15(12)21-14)8-11-4-6-20-10-11/h4,6,10,12-15H,1-3,5,7-9H2,(H,17,19)/t12-,14+,15-/m1/s1. The fraction of sp³-hybridized carbons (Fsp3) is 0.688. The second-order valence-corrected chi connectivity index (χ2v) is 6.60. The average molecular weight is 290 g/mol. The molecule has 1 amide bonds. The molecule has 1 N–H and O–H groups in total. The fourth-order valence-corrected chi connectivity index (χ4v) is 3.47. The summed E-state index contributed by atoms with van der Waals surface area (Å²) < 4.78 is 11.2. The lowest BCUT2D eigenvalue weighted by molar-refractivity contribution is -0.133. The van der Waals surface area contributed by atoms with Crippen molar-refractivity contribution in [3.8, 4) is 0 Å². The highest BCUT2D eigenvalue weighted by molar-refractivity contribution is 5.81. The first kappa shape index (κ1) is 13.3. The number of ether oxygens (including phenoxy) is 1. The van der Waals surface area contributed by atoms with E-state index in [1.165, 1.54) is 5.56 Å². The van der Waals surface area contributed by atoms with Gasteiger partial charge in [-0.2, -0.15) is 0 Å². The first-order chi connectivity index (χ1) is 10.3. The van der Waals surface area contributed by atoms with Crippen LogP contribution in [0.3, 0.4) is 0 Å². The van der Waals surface area contributed by atoms with Gasteiger partial charge in [0.1, 0.15) is 6.10 Å². The Bertz CT molecular complexity index is 498. The molecule has 2 saturated heterocycles. The third-order valence-corrected chi connectivity index (χ3v) is 4.84. The number of fused-ring (bicyclic) bond motifs is 1. The average Bonchev–Trinajstić information content (AvgIpc) is 3.00. The van der Waals surface area contributed by atoms with Crippen LogP contribution in [0.1, 0.15) is 31.2 Å². The van der Waals surface area contributed by atoms with Gasteiger partial charge in [-0.1, -0.05) is 0 Å². The van der Waals surface area contributed by atoms with Crippen LogP contribution in [0.2, 0.25) is 0 Å². The maximum atomic E-state index is 12.1. The van der Waals surface area contributed by atoms with Gasteiger partial charge in [0.15, 0.2) is 0 Å². The Morgan fingerprint density at radius 1 is 1.38 bits per heavy atom. The zero-order chi connectivity index (χ0) is 14.2. The molecule has 21 heavy (non-hydrogen) atoms. The summed E-state index contributed by atoms with van der Waals surface area (Å²) in [5, 5.41) is 3.06. The van der Waals surface area contributed by atoms with Gasteiger partial charge >= 0.3 is 0 Å². The van der Waals surface area contributed by atoms with E-state index in [2.05, 4.69) is 10.2 Å². The summed E-state index contributed by atoms with van der Waals surface area (Å²) in [6, 6.07) is 2.43. The molecular formula is C16H22N2O3. The second kappa shape index (κ2) is 5.46. The van der Waals surface area contributed by atoms with Gasteiger partial charge in [-0.25, -0.2) is 0 Å². The van der Waals surface area contributed by atoms with E-state index in [4.69, 9.17) is 9.15 Å². The topological polar surface area (TPSA) is 54.7 Å². The van der Waals surface area contributed by atoms with Crippen molar-refractivity contribution >= 4 is 5.91 Å².